The molecule has 1 heterocycles. The first-order valence-electron chi connectivity index (χ1n) is 4.23. The Kier molecular flexibility index (Phi) is 2.92. The van der Waals surface area contributed by atoms with Crippen molar-refractivity contribution in [1.82, 2.24) is 5.32 Å². The zero-order chi connectivity index (χ0) is 9.03. The second-order valence-electron chi connectivity index (χ2n) is 3.64. The van der Waals surface area contributed by atoms with E-state index in [4.69, 9.17) is 10.5 Å². The lowest BCUT2D eigenvalue weighted by atomic mass is 9.82. The van der Waals surface area contributed by atoms with Gasteiger partial charge in [0.1, 0.15) is 0 Å². The van der Waals surface area contributed by atoms with Crippen molar-refractivity contribution >= 4 is 6.03 Å². The first kappa shape index (κ1) is 9.32. The van der Waals surface area contributed by atoms with Crippen molar-refractivity contribution < 1.29 is 9.53 Å². The molecule has 0 atom stereocenters. The molecule has 1 aliphatic heterocycles. The molecule has 1 aliphatic rings. The van der Waals surface area contributed by atoms with Gasteiger partial charge in [-0.2, -0.15) is 0 Å². The predicted octanol–water partition coefficient (Wildman–Crippen LogP) is 0.471. The van der Waals surface area contributed by atoms with Crippen LogP contribution in [0.2, 0.25) is 0 Å². The van der Waals surface area contributed by atoms with E-state index in [2.05, 4.69) is 12.2 Å². The van der Waals surface area contributed by atoms with Crippen molar-refractivity contribution in [2.45, 2.75) is 19.8 Å². The van der Waals surface area contributed by atoms with Gasteiger partial charge in [-0.25, -0.2) is 4.79 Å². The topological polar surface area (TPSA) is 64.3 Å². The molecule has 0 aromatic rings. The maximum Gasteiger partial charge on any atom is 0.312 e. The Labute approximate surface area is 72.5 Å². The third-order valence-electron chi connectivity index (χ3n) is 2.39. The van der Waals surface area contributed by atoms with Gasteiger partial charge in [-0.1, -0.05) is 6.92 Å². The highest BCUT2D eigenvalue weighted by atomic mass is 16.5. The van der Waals surface area contributed by atoms with Crippen molar-refractivity contribution in [1.29, 1.82) is 0 Å². The van der Waals surface area contributed by atoms with E-state index in [1.807, 2.05) is 0 Å². The van der Waals surface area contributed by atoms with E-state index in [1.54, 1.807) is 0 Å². The minimum atomic E-state index is -0.442. The number of amides is 2. The third-order valence-corrected chi connectivity index (χ3v) is 2.39. The van der Waals surface area contributed by atoms with Crippen molar-refractivity contribution in [2.75, 3.05) is 19.8 Å². The molecule has 70 valence electrons. The molecule has 0 aliphatic carbocycles. The highest BCUT2D eigenvalue weighted by Gasteiger charge is 2.27. The van der Waals surface area contributed by atoms with Gasteiger partial charge < -0.3 is 15.8 Å². The Balaban J connectivity index is 2.31. The second kappa shape index (κ2) is 3.76. The van der Waals surface area contributed by atoms with Gasteiger partial charge in [0.05, 0.1) is 0 Å². The maximum atomic E-state index is 10.5. The number of primary amides is 1. The van der Waals surface area contributed by atoms with Crippen LogP contribution in [0.5, 0.6) is 0 Å². The summed E-state index contributed by atoms with van der Waals surface area (Å²) in [5, 5.41) is 2.64. The number of hydrogen-bond donors (Lipinski definition) is 2. The number of ether oxygens (including phenoxy) is 1. The van der Waals surface area contributed by atoms with E-state index in [9.17, 15) is 4.79 Å². The van der Waals surface area contributed by atoms with Crippen molar-refractivity contribution in [2.24, 2.45) is 11.1 Å². The van der Waals surface area contributed by atoms with Crippen LogP contribution in [0.1, 0.15) is 19.8 Å². The van der Waals surface area contributed by atoms with Crippen LogP contribution in [-0.4, -0.2) is 25.8 Å². The molecule has 4 heteroatoms. The zero-order valence-electron chi connectivity index (χ0n) is 7.43. The molecule has 0 unspecified atom stereocenters. The SMILES string of the molecule is CC1(CNC(N)=O)CCOCC1. The Bertz CT molecular complexity index is 164. The van der Waals surface area contributed by atoms with Gasteiger partial charge in [0.2, 0.25) is 0 Å². The summed E-state index contributed by atoms with van der Waals surface area (Å²) in [6.45, 7) is 4.38. The van der Waals surface area contributed by atoms with Crippen LogP contribution >= 0.6 is 0 Å². The molecule has 0 saturated carbocycles. The summed E-state index contributed by atoms with van der Waals surface area (Å²) in [4.78, 5) is 10.5. The van der Waals surface area contributed by atoms with Crippen LogP contribution in [0, 0.1) is 5.41 Å². The highest BCUT2D eigenvalue weighted by molar-refractivity contribution is 5.71. The molecular weight excluding hydrogens is 156 g/mol. The van der Waals surface area contributed by atoms with Gasteiger partial charge in [0.15, 0.2) is 0 Å². The van der Waals surface area contributed by atoms with Crippen molar-refractivity contribution in [3.05, 3.63) is 0 Å². The number of carbonyl (C=O) groups is 1. The smallest absolute Gasteiger partial charge is 0.312 e. The van der Waals surface area contributed by atoms with Gasteiger partial charge in [-0.05, 0) is 18.3 Å². The van der Waals surface area contributed by atoms with Crippen LogP contribution in [0.3, 0.4) is 0 Å². The fourth-order valence-corrected chi connectivity index (χ4v) is 1.34. The van der Waals surface area contributed by atoms with E-state index in [0.717, 1.165) is 26.1 Å². The van der Waals surface area contributed by atoms with Gasteiger partial charge >= 0.3 is 6.03 Å². The number of hydrogen-bond acceptors (Lipinski definition) is 2. The lowest BCUT2D eigenvalue weighted by Crippen LogP contribution is -2.41. The zero-order valence-corrected chi connectivity index (χ0v) is 7.43. The Hall–Kier alpha value is -0.770. The molecule has 1 saturated heterocycles. The first-order chi connectivity index (χ1) is 5.62. The molecule has 1 rings (SSSR count). The monoisotopic (exact) mass is 172 g/mol. The number of nitrogens with two attached hydrogens (primary N) is 1. The van der Waals surface area contributed by atoms with Gasteiger partial charge in [-0.3, -0.25) is 0 Å². The van der Waals surface area contributed by atoms with E-state index in [0.29, 0.717) is 6.54 Å². The van der Waals surface area contributed by atoms with E-state index in [1.165, 1.54) is 0 Å². The van der Waals surface area contributed by atoms with Gasteiger partial charge in [0, 0.05) is 19.8 Å². The highest BCUT2D eigenvalue weighted by Crippen LogP contribution is 2.28. The fourth-order valence-electron chi connectivity index (χ4n) is 1.34. The van der Waals surface area contributed by atoms with Crippen molar-refractivity contribution in [3.8, 4) is 0 Å². The number of carbonyl (C=O) groups excluding carboxylic acids is 1. The standard InChI is InChI=1S/C8H16N2O2/c1-8(6-10-7(9)11)2-4-12-5-3-8/h2-6H2,1H3,(H3,9,10,11). The molecule has 4 nitrogen and oxygen atoms in total. The molecule has 12 heavy (non-hydrogen) atoms. The van der Waals surface area contributed by atoms with Gasteiger partial charge in [-0.15, -0.1) is 0 Å². The van der Waals surface area contributed by atoms with Crippen molar-refractivity contribution in [3.63, 3.8) is 0 Å². The number of urea groups is 1. The summed E-state index contributed by atoms with van der Waals surface area (Å²) < 4.78 is 5.23. The normalized spacial score (nSPS) is 21.8. The lowest BCUT2D eigenvalue weighted by molar-refractivity contribution is 0.0254. The van der Waals surface area contributed by atoms with Crippen LogP contribution in [0.4, 0.5) is 4.79 Å². The number of rotatable bonds is 2. The fraction of sp³-hybridized carbons (Fsp3) is 0.875. The average Bonchev–Trinajstić information content (AvgIpc) is 2.03. The molecule has 2 amide bonds. The third kappa shape index (κ3) is 2.70. The average molecular weight is 172 g/mol. The molecule has 1 fully saturated rings. The summed E-state index contributed by atoms with van der Waals surface area (Å²) in [6.07, 6.45) is 1.99. The van der Waals surface area contributed by atoms with E-state index >= 15 is 0 Å². The van der Waals surface area contributed by atoms with Crippen LogP contribution < -0.4 is 11.1 Å². The maximum absolute atomic E-state index is 10.5. The Morgan fingerprint density at radius 2 is 2.17 bits per heavy atom. The molecule has 3 N–H and O–H groups in total. The largest absolute Gasteiger partial charge is 0.381 e. The lowest BCUT2D eigenvalue weighted by Gasteiger charge is -2.33. The summed E-state index contributed by atoms with van der Waals surface area (Å²) in [6, 6.07) is -0.442. The summed E-state index contributed by atoms with van der Waals surface area (Å²) in [7, 11) is 0. The second-order valence-corrected chi connectivity index (χ2v) is 3.64. The summed E-state index contributed by atoms with van der Waals surface area (Å²) >= 11 is 0. The molecule has 0 aromatic heterocycles. The van der Waals surface area contributed by atoms with Crippen LogP contribution in [-0.2, 0) is 4.74 Å². The molecular formula is C8H16N2O2. The Morgan fingerprint density at radius 3 is 2.67 bits per heavy atom. The van der Waals surface area contributed by atoms with Crippen LogP contribution in [0.15, 0.2) is 0 Å². The Morgan fingerprint density at radius 1 is 1.58 bits per heavy atom. The minimum Gasteiger partial charge on any atom is -0.381 e. The van der Waals surface area contributed by atoms with E-state index < -0.39 is 6.03 Å². The predicted molar refractivity (Wildman–Crippen MR) is 45.7 cm³/mol. The molecule has 0 aromatic carbocycles. The van der Waals surface area contributed by atoms with Gasteiger partial charge in [0.25, 0.3) is 0 Å². The molecule has 0 spiro atoms. The molecule has 0 radical (unpaired) electrons. The van der Waals surface area contributed by atoms with E-state index in [-0.39, 0.29) is 5.41 Å². The summed E-state index contributed by atoms with van der Waals surface area (Å²) in [5.41, 5.74) is 5.16. The van der Waals surface area contributed by atoms with Crippen LogP contribution in [0.25, 0.3) is 0 Å². The first-order valence-corrected chi connectivity index (χ1v) is 4.23. The summed E-state index contributed by atoms with van der Waals surface area (Å²) in [5.74, 6) is 0. The quantitative estimate of drug-likeness (QED) is 0.636. The molecule has 0 bridgehead atoms. The number of nitrogens with one attached hydrogen (secondary N) is 1. The minimum absolute atomic E-state index is 0.174.